The summed E-state index contributed by atoms with van der Waals surface area (Å²) in [6, 6.07) is 12.1. The number of hydrogen-bond acceptors (Lipinski definition) is 3. The second kappa shape index (κ2) is 4.79. The molecule has 4 N–H and O–H groups in total. The number of anilines is 1. The second-order valence-corrected chi connectivity index (χ2v) is 4.02. The summed E-state index contributed by atoms with van der Waals surface area (Å²) < 4.78 is 5.69. The van der Waals surface area contributed by atoms with Gasteiger partial charge in [0.2, 0.25) is 5.91 Å². The van der Waals surface area contributed by atoms with Crippen molar-refractivity contribution in [3.05, 3.63) is 53.6 Å². The van der Waals surface area contributed by atoms with E-state index in [-0.39, 0.29) is 0 Å². The molecule has 2 aromatic carbocycles. The van der Waals surface area contributed by atoms with Crippen molar-refractivity contribution in [1.29, 1.82) is 0 Å². The standard InChI is InChI=1S/C14H14N2O2/c1-9-8-11(15)4-7-13(9)18-12-5-2-10(3-6-12)14(16)17/h2-8H,15H2,1H3,(H2,16,17). The fourth-order valence-corrected chi connectivity index (χ4v) is 1.60. The first-order chi connectivity index (χ1) is 8.56. The molecular weight excluding hydrogens is 228 g/mol. The van der Waals surface area contributed by atoms with Crippen molar-refractivity contribution in [2.24, 2.45) is 5.73 Å². The van der Waals surface area contributed by atoms with Crippen LogP contribution in [0.15, 0.2) is 42.5 Å². The molecule has 0 aromatic heterocycles. The molecule has 0 saturated carbocycles. The van der Waals surface area contributed by atoms with Gasteiger partial charge in [0.25, 0.3) is 0 Å². The van der Waals surface area contributed by atoms with Gasteiger partial charge in [0.05, 0.1) is 0 Å². The fraction of sp³-hybridized carbons (Fsp3) is 0.0714. The van der Waals surface area contributed by atoms with Crippen LogP contribution in [0, 0.1) is 6.92 Å². The predicted molar refractivity (Wildman–Crippen MR) is 70.6 cm³/mol. The van der Waals surface area contributed by atoms with E-state index in [2.05, 4.69) is 0 Å². The molecule has 0 atom stereocenters. The lowest BCUT2D eigenvalue weighted by Crippen LogP contribution is -2.10. The summed E-state index contributed by atoms with van der Waals surface area (Å²) in [5.74, 6) is 0.925. The molecule has 0 heterocycles. The minimum atomic E-state index is -0.454. The molecule has 0 unspecified atom stereocenters. The number of primary amides is 1. The number of carbonyl (C=O) groups excluding carboxylic acids is 1. The number of amides is 1. The lowest BCUT2D eigenvalue weighted by Gasteiger charge is -2.09. The molecule has 4 nitrogen and oxygen atoms in total. The van der Waals surface area contributed by atoms with Crippen molar-refractivity contribution in [1.82, 2.24) is 0 Å². The Hall–Kier alpha value is -2.49. The van der Waals surface area contributed by atoms with Crippen molar-refractivity contribution in [2.45, 2.75) is 6.92 Å². The van der Waals surface area contributed by atoms with E-state index in [1.54, 1.807) is 30.3 Å². The van der Waals surface area contributed by atoms with Crippen LogP contribution in [0.3, 0.4) is 0 Å². The summed E-state index contributed by atoms with van der Waals surface area (Å²) in [5, 5.41) is 0. The third-order valence-corrected chi connectivity index (χ3v) is 2.57. The highest BCUT2D eigenvalue weighted by molar-refractivity contribution is 5.92. The van der Waals surface area contributed by atoms with E-state index in [0.29, 0.717) is 17.0 Å². The van der Waals surface area contributed by atoms with Crippen molar-refractivity contribution in [3.63, 3.8) is 0 Å². The molecule has 4 heteroatoms. The van der Waals surface area contributed by atoms with E-state index in [0.717, 1.165) is 11.3 Å². The smallest absolute Gasteiger partial charge is 0.248 e. The van der Waals surface area contributed by atoms with E-state index in [1.165, 1.54) is 0 Å². The number of nitrogens with two attached hydrogens (primary N) is 2. The largest absolute Gasteiger partial charge is 0.457 e. The van der Waals surface area contributed by atoms with Gasteiger partial charge in [0.15, 0.2) is 0 Å². The molecule has 0 radical (unpaired) electrons. The Kier molecular flexibility index (Phi) is 3.19. The van der Waals surface area contributed by atoms with E-state index in [1.807, 2.05) is 19.1 Å². The minimum absolute atomic E-state index is 0.454. The second-order valence-electron chi connectivity index (χ2n) is 4.02. The van der Waals surface area contributed by atoms with Crippen LogP contribution >= 0.6 is 0 Å². The van der Waals surface area contributed by atoms with E-state index < -0.39 is 5.91 Å². The maximum Gasteiger partial charge on any atom is 0.248 e. The number of hydrogen-bond donors (Lipinski definition) is 2. The Labute approximate surface area is 105 Å². The summed E-state index contributed by atoms with van der Waals surface area (Å²) in [6.45, 7) is 1.92. The summed E-state index contributed by atoms with van der Waals surface area (Å²) in [4.78, 5) is 10.9. The highest BCUT2D eigenvalue weighted by Gasteiger charge is 2.03. The molecule has 0 aliphatic carbocycles. The van der Waals surface area contributed by atoms with Gasteiger partial charge in [-0.3, -0.25) is 4.79 Å². The molecule has 0 fully saturated rings. The summed E-state index contributed by atoms with van der Waals surface area (Å²) in [7, 11) is 0. The maximum atomic E-state index is 10.9. The van der Waals surface area contributed by atoms with Crippen LogP contribution in [0.25, 0.3) is 0 Å². The molecule has 2 rings (SSSR count). The number of aryl methyl sites for hydroxylation is 1. The number of ether oxygens (including phenoxy) is 1. The van der Waals surface area contributed by atoms with Crippen molar-refractivity contribution in [3.8, 4) is 11.5 Å². The van der Waals surface area contributed by atoms with E-state index in [9.17, 15) is 4.79 Å². The van der Waals surface area contributed by atoms with Crippen LogP contribution in [-0.2, 0) is 0 Å². The first kappa shape index (κ1) is 12.0. The molecule has 0 spiro atoms. The Balaban J connectivity index is 2.21. The van der Waals surface area contributed by atoms with E-state index in [4.69, 9.17) is 16.2 Å². The molecular formula is C14H14N2O2. The zero-order valence-electron chi connectivity index (χ0n) is 10.0. The van der Waals surface area contributed by atoms with Gasteiger partial charge in [0.1, 0.15) is 11.5 Å². The average molecular weight is 242 g/mol. The molecule has 0 bridgehead atoms. The summed E-state index contributed by atoms with van der Waals surface area (Å²) in [5.41, 5.74) is 12.9. The van der Waals surface area contributed by atoms with Crippen molar-refractivity contribution in [2.75, 3.05) is 5.73 Å². The Morgan fingerprint density at radius 1 is 1.11 bits per heavy atom. The lowest BCUT2D eigenvalue weighted by atomic mass is 10.2. The van der Waals surface area contributed by atoms with Crippen LogP contribution in [0.4, 0.5) is 5.69 Å². The first-order valence-corrected chi connectivity index (χ1v) is 5.50. The normalized spacial score (nSPS) is 10.1. The number of carbonyl (C=O) groups is 1. The van der Waals surface area contributed by atoms with E-state index >= 15 is 0 Å². The quantitative estimate of drug-likeness (QED) is 0.811. The molecule has 18 heavy (non-hydrogen) atoms. The van der Waals surface area contributed by atoms with Crippen molar-refractivity contribution >= 4 is 11.6 Å². The summed E-state index contributed by atoms with van der Waals surface area (Å²) in [6.07, 6.45) is 0. The van der Waals surface area contributed by atoms with Gasteiger partial charge < -0.3 is 16.2 Å². The van der Waals surface area contributed by atoms with Gasteiger partial charge in [0, 0.05) is 11.3 Å². The van der Waals surface area contributed by atoms with Crippen LogP contribution in [0.5, 0.6) is 11.5 Å². The number of rotatable bonds is 3. The highest BCUT2D eigenvalue weighted by Crippen LogP contribution is 2.26. The number of nitrogen functional groups attached to an aromatic ring is 1. The third-order valence-electron chi connectivity index (χ3n) is 2.57. The minimum Gasteiger partial charge on any atom is -0.457 e. The molecule has 1 amide bonds. The fourth-order valence-electron chi connectivity index (χ4n) is 1.60. The summed E-state index contributed by atoms with van der Waals surface area (Å²) >= 11 is 0. The van der Waals surface area contributed by atoms with Crippen LogP contribution in [-0.4, -0.2) is 5.91 Å². The Morgan fingerprint density at radius 2 is 1.78 bits per heavy atom. The average Bonchev–Trinajstić information content (AvgIpc) is 2.33. The first-order valence-electron chi connectivity index (χ1n) is 5.50. The third kappa shape index (κ3) is 2.60. The van der Waals surface area contributed by atoms with Crippen LogP contribution in [0.1, 0.15) is 15.9 Å². The molecule has 0 aliphatic rings. The van der Waals surface area contributed by atoms with Crippen molar-refractivity contribution < 1.29 is 9.53 Å². The Bertz CT molecular complexity index is 577. The number of benzene rings is 2. The van der Waals surface area contributed by atoms with Crippen LogP contribution < -0.4 is 16.2 Å². The van der Waals surface area contributed by atoms with Gasteiger partial charge in [-0.2, -0.15) is 0 Å². The lowest BCUT2D eigenvalue weighted by molar-refractivity contribution is 0.100. The zero-order valence-corrected chi connectivity index (χ0v) is 10.0. The Morgan fingerprint density at radius 3 is 2.33 bits per heavy atom. The zero-order chi connectivity index (χ0) is 13.1. The SMILES string of the molecule is Cc1cc(N)ccc1Oc1ccc(C(N)=O)cc1. The topological polar surface area (TPSA) is 78.3 Å². The van der Waals surface area contributed by atoms with Gasteiger partial charge >= 0.3 is 0 Å². The van der Waals surface area contributed by atoms with Crippen LogP contribution in [0.2, 0.25) is 0 Å². The molecule has 92 valence electrons. The maximum absolute atomic E-state index is 10.9. The van der Waals surface area contributed by atoms with Gasteiger partial charge in [-0.25, -0.2) is 0 Å². The molecule has 0 aliphatic heterocycles. The van der Waals surface area contributed by atoms with Gasteiger partial charge in [-0.1, -0.05) is 0 Å². The van der Waals surface area contributed by atoms with Gasteiger partial charge in [-0.15, -0.1) is 0 Å². The predicted octanol–water partition coefficient (Wildman–Crippen LogP) is 2.47. The monoisotopic (exact) mass is 242 g/mol. The molecule has 0 saturated heterocycles. The molecule has 2 aromatic rings. The highest BCUT2D eigenvalue weighted by atomic mass is 16.5. The van der Waals surface area contributed by atoms with Gasteiger partial charge in [-0.05, 0) is 55.0 Å².